The molecular formula is C14H23N3O4. The maximum absolute atomic E-state index is 12.2. The summed E-state index contributed by atoms with van der Waals surface area (Å²) < 4.78 is 5.24. The summed E-state index contributed by atoms with van der Waals surface area (Å²) in [6, 6.07) is -0.153. The number of carboxylic acid groups (broad SMARTS) is 1. The van der Waals surface area contributed by atoms with Gasteiger partial charge in [0.15, 0.2) is 0 Å². The van der Waals surface area contributed by atoms with Gasteiger partial charge in [0.05, 0.1) is 19.3 Å². The average Bonchev–Trinajstić information content (AvgIpc) is 3.09. The highest BCUT2D eigenvalue weighted by Gasteiger charge is 2.47. The number of carbonyl (C=O) groups is 2. The van der Waals surface area contributed by atoms with Crippen molar-refractivity contribution in [2.45, 2.75) is 44.3 Å². The predicted octanol–water partition coefficient (Wildman–Crippen LogP) is 0.0120. The highest BCUT2D eigenvalue weighted by Crippen LogP contribution is 2.29. The molecule has 3 N–H and O–H groups in total. The molecule has 3 fully saturated rings. The van der Waals surface area contributed by atoms with Crippen LogP contribution in [0.3, 0.4) is 0 Å². The molecule has 4 unspecified atom stereocenters. The highest BCUT2D eigenvalue weighted by molar-refractivity contribution is 5.79. The van der Waals surface area contributed by atoms with E-state index in [1.165, 1.54) is 6.42 Å². The summed E-state index contributed by atoms with van der Waals surface area (Å²) >= 11 is 0. The lowest BCUT2D eigenvalue weighted by atomic mass is 9.85. The Morgan fingerprint density at radius 3 is 2.86 bits per heavy atom. The van der Waals surface area contributed by atoms with Crippen LogP contribution >= 0.6 is 0 Å². The van der Waals surface area contributed by atoms with Gasteiger partial charge in [0, 0.05) is 18.6 Å². The van der Waals surface area contributed by atoms with Crippen molar-refractivity contribution in [3.05, 3.63) is 0 Å². The Bertz CT molecular complexity index is 444. The van der Waals surface area contributed by atoms with Crippen LogP contribution in [0.4, 0.5) is 4.79 Å². The van der Waals surface area contributed by atoms with Gasteiger partial charge in [0.1, 0.15) is 5.41 Å². The zero-order valence-corrected chi connectivity index (χ0v) is 12.3. The molecule has 7 heteroatoms. The van der Waals surface area contributed by atoms with E-state index >= 15 is 0 Å². The molecule has 3 saturated heterocycles. The van der Waals surface area contributed by atoms with Crippen LogP contribution in [0.1, 0.15) is 26.2 Å². The topological polar surface area (TPSA) is 90.9 Å². The van der Waals surface area contributed by atoms with E-state index in [0.29, 0.717) is 6.04 Å². The molecule has 0 aromatic heterocycles. The Kier molecular flexibility index (Phi) is 3.79. The molecule has 118 valence electrons. The highest BCUT2D eigenvalue weighted by atomic mass is 16.5. The first-order chi connectivity index (χ1) is 10.0. The second-order valence-corrected chi connectivity index (χ2v) is 6.55. The maximum Gasteiger partial charge on any atom is 0.315 e. The van der Waals surface area contributed by atoms with E-state index in [1.807, 2.05) is 0 Å². The van der Waals surface area contributed by atoms with Crippen LogP contribution < -0.4 is 10.6 Å². The number of nitrogens with one attached hydrogen (secondary N) is 2. The Balaban J connectivity index is 1.56. The molecule has 0 aromatic rings. The second-order valence-electron chi connectivity index (χ2n) is 6.55. The third kappa shape index (κ3) is 2.60. The number of aliphatic carboxylic acids is 1. The molecule has 4 atom stereocenters. The Labute approximate surface area is 124 Å². The van der Waals surface area contributed by atoms with Crippen LogP contribution in [0.2, 0.25) is 0 Å². The van der Waals surface area contributed by atoms with Crippen molar-refractivity contribution in [3.63, 3.8) is 0 Å². The lowest BCUT2D eigenvalue weighted by Gasteiger charge is -2.27. The van der Waals surface area contributed by atoms with Gasteiger partial charge < -0.3 is 20.5 Å². The normalized spacial score (nSPS) is 39.2. The summed E-state index contributed by atoms with van der Waals surface area (Å²) in [5, 5.41) is 15.1. The zero-order chi connectivity index (χ0) is 15.0. The molecule has 0 saturated carbocycles. The van der Waals surface area contributed by atoms with Crippen LogP contribution in [0, 0.1) is 5.41 Å². The number of rotatable bonds is 3. The van der Waals surface area contributed by atoms with Crippen LogP contribution in [0.5, 0.6) is 0 Å². The molecule has 0 radical (unpaired) electrons. The third-order valence-corrected chi connectivity index (χ3v) is 5.17. The molecule has 0 spiro atoms. The van der Waals surface area contributed by atoms with Gasteiger partial charge >= 0.3 is 12.0 Å². The molecule has 3 aliphatic rings. The van der Waals surface area contributed by atoms with E-state index in [2.05, 4.69) is 15.5 Å². The summed E-state index contributed by atoms with van der Waals surface area (Å²) in [4.78, 5) is 25.9. The van der Waals surface area contributed by atoms with E-state index in [1.54, 1.807) is 6.92 Å². The minimum atomic E-state index is -1.05. The molecule has 0 aliphatic carbocycles. The summed E-state index contributed by atoms with van der Waals surface area (Å²) in [6.07, 6.45) is 3.29. The molecule has 0 bridgehead atoms. The van der Waals surface area contributed by atoms with Gasteiger partial charge in [-0.25, -0.2) is 4.79 Å². The first-order valence-electron chi connectivity index (χ1n) is 7.63. The molecule has 21 heavy (non-hydrogen) atoms. The number of nitrogens with zero attached hydrogens (tertiary/aromatic N) is 1. The van der Waals surface area contributed by atoms with Crippen molar-refractivity contribution in [2.24, 2.45) is 5.41 Å². The standard InChI is InChI=1S/C14H23N3O4/c1-14(12(18)19)8-21-7-11(14)16-13(20)15-9-4-6-17-5-2-3-10(9)17/h9-11H,2-8H2,1H3,(H,18,19)(H2,15,16,20). The molecule has 7 nitrogen and oxygen atoms in total. The van der Waals surface area contributed by atoms with E-state index in [0.717, 1.165) is 25.9 Å². The van der Waals surface area contributed by atoms with Crippen molar-refractivity contribution < 1.29 is 19.4 Å². The van der Waals surface area contributed by atoms with Crippen LogP contribution in [0.15, 0.2) is 0 Å². The van der Waals surface area contributed by atoms with E-state index in [9.17, 15) is 14.7 Å². The maximum atomic E-state index is 12.2. The molecule has 3 rings (SSSR count). The minimum Gasteiger partial charge on any atom is -0.481 e. The van der Waals surface area contributed by atoms with Crippen molar-refractivity contribution in [3.8, 4) is 0 Å². The number of carboxylic acids is 1. The first-order valence-corrected chi connectivity index (χ1v) is 7.63. The monoisotopic (exact) mass is 297 g/mol. The predicted molar refractivity (Wildman–Crippen MR) is 75.0 cm³/mol. The first kappa shape index (κ1) is 14.6. The van der Waals surface area contributed by atoms with Gasteiger partial charge in [0.2, 0.25) is 0 Å². The van der Waals surface area contributed by atoms with Crippen LogP contribution in [0.25, 0.3) is 0 Å². The fraction of sp³-hybridized carbons (Fsp3) is 0.857. The molecule has 0 aromatic carbocycles. The number of amides is 2. The smallest absolute Gasteiger partial charge is 0.315 e. The van der Waals surface area contributed by atoms with Gasteiger partial charge in [-0.2, -0.15) is 0 Å². The zero-order valence-electron chi connectivity index (χ0n) is 12.3. The van der Waals surface area contributed by atoms with Crippen molar-refractivity contribution >= 4 is 12.0 Å². The van der Waals surface area contributed by atoms with Crippen molar-refractivity contribution in [2.75, 3.05) is 26.3 Å². The molecule has 3 aliphatic heterocycles. The number of carbonyl (C=O) groups excluding carboxylic acids is 1. The van der Waals surface area contributed by atoms with Gasteiger partial charge in [-0.05, 0) is 32.7 Å². The van der Waals surface area contributed by atoms with Crippen LogP contribution in [-0.2, 0) is 9.53 Å². The largest absolute Gasteiger partial charge is 0.481 e. The summed E-state index contributed by atoms with van der Waals surface area (Å²) in [7, 11) is 0. The quantitative estimate of drug-likeness (QED) is 0.683. The number of fused-ring (bicyclic) bond motifs is 1. The number of urea groups is 1. The fourth-order valence-electron chi connectivity index (χ4n) is 3.70. The average molecular weight is 297 g/mol. The van der Waals surface area contributed by atoms with Gasteiger partial charge in [-0.3, -0.25) is 9.69 Å². The van der Waals surface area contributed by atoms with Crippen molar-refractivity contribution in [1.82, 2.24) is 15.5 Å². The van der Waals surface area contributed by atoms with Gasteiger partial charge in [0.25, 0.3) is 0 Å². The SMILES string of the molecule is CC1(C(=O)O)COCC1NC(=O)NC1CCN2CCCC12. The Morgan fingerprint density at radius 2 is 2.10 bits per heavy atom. The Morgan fingerprint density at radius 1 is 1.29 bits per heavy atom. The summed E-state index contributed by atoms with van der Waals surface area (Å²) in [5.74, 6) is -0.937. The lowest BCUT2D eigenvalue weighted by molar-refractivity contribution is -0.148. The number of hydrogen-bond donors (Lipinski definition) is 3. The Hall–Kier alpha value is -1.34. The van der Waals surface area contributed by atoms with Gasteiger partial charge in [-0.1, -0.05) is 0 Å². The lowest BCUT2D eigenvalue weighted by Crippen LogP contribution is -2.55. The van der Waals surface area contributed by atoms with Crippen LogP contribution in [-0.4, -0.2) is 66.4 Å². The molecule has 3 heterocycles. The summed E-state index contributed by atoms with van der Waals surface area (Å²) in [6.45, 7) is 4.15. The number of hydrogen-bond acceptors (Lipinski definition) is 4. The second kappa shape index (κ2) is 5.46. The molecule has 2 amide bonds. The van der Waals surface area contributed by atoms with Crippen molar-refractivity contribution in [1.29, 1.82) is 0 Å². The summed E-state index contributed by atoms with van der Waals surface area (Å²) in [5.41, 5.74) is -1.05. The van der Waals surface area contributed by atoms with E-state index in [-0.39, 0.29) is 25.3 Å². The van der Waals surface area contributed by atoms with E-state index in [4.69, 9.17) is 4.74 Å². The molecular weight excluding hydrogens is 274 g/mol. The minimum absolute atomic E-state index is 0.132. The van der Waals surface area contributed by atoms with Gasteiger partial charge in [-0.15, -0.1) is 0 Å². The van der Waals surface area contributed by atoms with E-state index < -0.39 is 17.4 Å². The third-order valence-electron chi connectivity index (χ3n) is 5.17. The number of ether oxygens (including phenoxy) is 1. The fourth-order valence-corrected chi connectivity index (χ4v) is 3.70.